The molecule has 2 amide bonds. The van der Waals surface area contributed by atoms with Crippen molar-refractivity contribution in [2.24, 2.45) is 0 Å². The van der Waals surface area contributed by atoms with Crippen LogP contribution < -0.4 is 10.0 Å². The van der Waals surface area contributed by atoms with Gasteiger partial charge in [0.2, 0.25) is 0 Å². The molecule has 7 nitrogen and oxygen atoms in total. The monoisotopic (exact) mass is 348 g/mol. The summed E-state index contributed by atoms with van der Waals surface area (Å²) in [6.45, 7) is 1.91. The SMILES string of the molecule is CCOC(=O)c1cccc(NC(=O)NS(=O)(=O)c2ccccc2)c1. The van der Waals surface area contributed by atoms with Crippen LogP contribution in [0.2, 0.25) is 0 Å². The fourth-order valence-corrected chi connectivity index (χ4v) is 2.80. The van der Waals surface area contributed by atoms with Gasteiger partial charge in [-0.3, -0.25) is 0 Å². The molecule has 0 saturated carbocycles. The molecule has 0 radical (unpaired) electrons. The molecule has 0 saturated heterocycles. The summed E-state index contributed by atoms with van der Waals surface area (Å²) < 4.78 is 30.9. The van der Waals surface area contributed by atoms with Crippen LogP contribution in [0.25, 0.3) is 0 Å². The van der Waals surface area contributed by atoms with Crippen molar-refractivity contribution >= 4 is 27.7 Å². The smallest absolute Gasteiger partial charge is 0.338 e. The number of esters is 1. The maximum absolute atomic E-state index is 12.0. The number of carbonyl (C=O) groups excluding carboxylic acids is 2. The normalized spacial score (nSPS) is 10.7. The fourth-order valence-electron chi connectivity index (χ4n) is 1.88. The molecule has 0 aliphatic rings. The molecule has 0 heterocycles. The summed E-state index contributed by atoms with van der Waals surface area (Å²) in [6.07, 6.45) is 0. The largest absolute Gasteiger partial charge is 0.462 e. The lowest BCUT2D eigenvalue weighted by Crippen LogP contribution is -2.34. The first-order valence-corrected chi connectivity index (χ1v) is 8.56. The van der Waals surface area contributed by atoms with E-state index in [1.165, 1.54) is 30.3 Å². The highest BCUT2D eigenvalue weighted by Gasteiger charge is 2.17. The Labute approximate surface area is 139 Å². The number of urea groups is 1. The van der Waals surface area contributed by atoms with Crippen molar-refractivity contribution in [3.8, 4) is 0 Å². The van der Waals surface area contributed by atoms with Crippen LogP contribution in [0.4, 0.5) is 10.5 Å². The van der Waals surface area contributed by atoms with Crippen LogP contribution in [0.1, 0.15) is 17.3 Å². The van der Waals surface area contributed by atoms with Crippen molar-refractivity contribution in [2.45, 2.75) is 11.8 Å². The van der Waals surface area contributed by atoms with E-state index in [1.54, 1.807) is 31.2 Å². The molecule has 0 aliphatic carbocycles. The summed E-state index contributed by atoms with van der Waals surface area (Å²) in [6, 6.07) is 12.6. The molecule has 0 bridgehead atoms. The number of hydrogen-bond acceptors (Lipinski definition) is 5. The summed E-state index contributed by atoms with van der Waals surface area (Å²) >= 11 is 0. The summed E-state index contributed by atoms with van der Waals surface area (Å²) in [4.78, 5) is 23.5. The van der Waals surface area contributed by atoms with Gasteiger partial charge in [-0.2, -0.15) is 0 Å². The molecular formula is C16H16N2O5S. The molecule has 0 spiro atoms. The Kier molecular flexibility index (Phi) is 5.54. The number of ether oxygens (including phenoxy) is 1. The van der Waals surface area contributed by atoms with E-state index < -0.39 is 22.0 Å². The second-order valence-corrected chi connectivity index (χ2v) is 6.36. The van der Waals surface area contributed by atoms with E-state index in [1.807, 2.05) is 4.72 Å². The van der Waals surface area contributed by atoms with Crippen LogP contribution in [0.15, 0.2) is 59.5 Å². The summed E-state index contributed by atoms with van der Waals surface area (Å²) in [7, 11) is -3.97. The van der Waals surface area contributed by atoms with Gasteiger partial charge in [-0.15, -0.1) is 0 Å². The molecular weight excluding hydrogens is 332 g/mol. The summed E-state index contributed by atoms with van der Waals surface area (Å²) in [5, 5.41) is 2.37. The topological polar surface area (TPSA) is 102 Å². The van der Waals surface area contributed by atoms with E-state index in [0.717, 1.165) is 0 Å². The van der Waals surface area contributed by atoms with Crippen LogP contribution in [0, 0.1) is 0 Å². The molecule has 0 atom stereocenters. The molecule has 0 aromatic heterocycles. The molecule has 0 aliphatic heterocycles. The Morgan fingerprint density at radius 3 is 2.42 bits per heavy atom. The number of nitrogens with one attached hydrogen (secondary N) is 2. The van der Waals surface area contributed by atoms with Gasteiger partial charge in [0.15, 0.2) is 0 Å². The summed E-state index contributed by atoms with van der Waals surface area (Å²) in [5.41, 5.74) is 0.516. The van der Waals surface area contributed by atoms with E-state index in [4.69, 9.17) is 4.74 Å². The number of amides is 2. The predicted molar refractivity (Wildman–Crippen MR) is 88.2 cm³/mol. The van der Waals surface area contributed by atoms with Crippen molar-refractivity contribution in [3.05, 3.63) is 60.2 Å². The molecule has 2 N–H and O–H groups in total. The first kappa shape index (κ1) is 17.5. The average Bonchev–Trinajstić information content (AvgIpc) is 2.55. The molecule has 126 valence electrons. The van der Waals surface area contributed by atoms with Crippen LogP contribution in [-0.2, 0) is 14.8 Å². The minimum absolute atomic E-state index is 0.0274. The zero-order valence-corrected chi connectivity index (χ0v) is 13.7. The third-order valence-electron chi connectivity index (χ3n) is 2.91. The van der Waals surface area contributed by atoms with Crippen LogP contribution in [0.5, 0.6) is 0 Å². The number of sulfonamides is 1. The standard InChI is InChI=1S/C16H16N2O5S/c1-2-23-15(19)12-7-6-8-13(11-12)17-16(20)18-24(21,22)14-9-4-3-5-10-14/h3-11H,2H2,1H3,(H2,17,18,20). The van der Waals surface area contributed by atoms with Gasteiger partial charge in [-0.05, 0) is 37.3 Å². The van der Waals surface area contributed by atoms with Gasteiger partial charge in [0, 0.05) is 5.69 Å². The molecule has 2 aromatic carbocycles. The van der Waals surface area contributed by atoms with Gasteiger partial charge in [0.1, 0.15) is 0 Å². The number of hydrogen-bond donors (Lipinski definition) is 2. The van der Waals surface area contributed by atoms with E-state index in [2.05, 4.69) is 5.32 Å². The minimum Gasteiger partial charge on any atom is -0.462 e. The molecule has 2 rings (SSSR count). The van der Waals surface area contributed by atoms with Gasteiger partial charge < -0.3 is 10.1 Å². The van der Waals surface area contributed by atoms with Crippen LogP contribution in [-0.4, -0.2) is 27.0 Å². The first-order valence-electron chi connectivity index (χ1n) is 7.08. The molecule has 2 aromatic rings. The van der Waals surface area contributed by atoms with Crippen molar-refractivity contribution in [2.75, 3.05) is 11.9 Å². The lowest BCUT2D eigenvalue weighted by molar-refractivity contribution is 0.0526. The number of rotatable bonds is 5. The number of anilines is 1. The third kappa shape index (κ3) is 4.56. The van der Waals surface area contributed by atoms with E-state index in [9.17, 15) is 18.0 Å². The molecule has 0 fully saturated rings. The van der Waals surface area contributed by atoms with Gasteiger partial charge in [0.25, 0.3) is 10.0 Å². The van der Waals surface area contributed by atoms with E-state index in [0.29, 0.717) is 0 Å². The number of benzene rings is 2. The molecule has 24 heavy (non-hydrogen) atoms. The maximum atomic E-state index is 12.0. The second-order valence-electron chi connectivity index (χ2n) is 4.67. The quantitative estimate of drug-likeness (QED) is 0.808. The van der Waals surface area contributed by atoms with Gasteiger partial charge >= 0.3 is 12.0 Å². The first-order chi connectivity index (χ1) is 11.4. The van der Waals surface area contributed by atoms with Gasteiger partial charge in [0.05, 0.1) is 17.1 Å². The third-order valence-corrected chi connectivity index (χ3v) is 4.26. The highest BCUT2D eigenvalue weighted by Crippen LogP contribution is 2.12. The lowest BCUT2D eigenvalue weighted by Gasteiger charge is -2.09. The highest BCUT2D eigenvalue weighted by atomic mass is 32.2. The van der Waals surface area contributed by atoms with Crippen molar-refractivity contribution in [1.29, 1.82) is 0 Å². The fraction of sp³-hybridized carbons (Fsp3) is 0.125. The van der Waals surface area contributed by atoms with Gasteiger partial charge in [-0.25, -0.2) is 22.7 Å². The number of carbonyl (C=O) groups is 2. The van der Waals surface area contributed by atoms with Crippen molar-refractivity contribution in [1.82, 2.24) is 4.72 Å². The Morgan fingerprint density at radius 2 is 1.75 bits per heavy atom. The predicted octanol–water partition coefficient (Wildman–Crippen LogP) is 2.37. The lowest BCUT2D eigenvalue weighted by atomic mass is 10.2. The van der Waals surface area contributed by atoms with Crippen molar-refractivity contribution < 1.29 is 22.7 Å². The van der Waals surface area contributed by atoms with Crippen molar-refractivity contribution in [3.63, 3.8) is 0 Å². The van der Waals surface area contributed by atoms with E-state index >= 15 is 0 Å². The van der Waals surface area contributed by atoms with Crippen LogP contribution in [0.3, 0.4) is 0 Å². The zero-order chi connectivity index (χ0) is 17.6. The Bertz CT molecular complexity index is 835. The molecule has 0 unspecified atom stereocenters. The highest BCUT2D eigenvalue weighted by molar-refractivity contribution is 7.90. The van der Waals surface area contributed by atoms with Crippen LogP contribution >= 0.6 is 0 Å². The second kappa shape index (κ2) is 7.60. The van der Waals surface area contributed by atoms with E-state index in [-0.39, 0.29) is 22.8 Å². The summed E-state index contributed by atoms with van der Waals surface area (Å²) in [5.74, 6) is -0.529. The molecule has 8 heteroatoms. The maximum Gasteiger partial charge on any atom is 0.338 e. The zero-order valence-electron chi connectivity index (χ0n) is 12.9. The Morgan fingerprint density at radius 1 is 1.04 bits per heavy atom. The Balaban J connectivity index is 2.08. The van der Waals surface area contributed by atoms with Gasteiger partial charge in [-0.1, -0.05) is 24.3 Å². The average molecular weight is 348 g/mol. The Hall–Kier alpha value is -2.87. The minimum atomic E-state index is -3.97.